The summed E-state index contributed by atoms with van der Waals surface area (Å²) >= 11 is 0. The molecule has 5 heteroatoms. The van der Waals surface area contributed by atoms with Crippen LogP contribution in [0.5, 0.6) is 5.75 Å². The molecule has 0 bridgehead atoms. The van der Waals surface area contributed by atoms with E-state index in [4.69, 9.17) is 4.74 Å². The fourth-order valence-electron chi connectivity index (χ4n) is 1.59. The molecule has 0 saturated heterocycles. The van der Waals surface area contributed by atoms with Gasteiger partial charge in [0, 0.05) is 0 Å². The summed E-state index contributed by atoms with van der Waals surface area (Å²) in [5, 5.41) is 5.02. The van der Waals surface area contributed by atoms with Crippen LogP contribution >= 0.6 is 0 Å². The van der Waals surface area contributed by atoms with Crippen molar-refractivity contribution >= 4 is 17.4 Å². The van der Waals surface area contributed by atoms with E-state index in [0.29, 0.717) is 11.4 Å². The number of ether oxygens (including phenoxy) is 1. The monoisotopic (exact) mass is 260 g/mol. The fraction of sp³-hybridized carbons (Fsp3) is 0.0714. The molecule has 2 rings (SSSR count). The minimum atomic E-state index is -0.533. The van der Waals surface area contributed by atoms with Crippen molar-refractivity contribution in [3.05, 3.63) is 54.3 Å². The molecule has 0 heterocycles. The SMILES string of the molecule is COc1ccccc1NC(=O)Nc1ccccc1F. The molecule has 0 radical (unpaired) electrons. The zero-order valence-corrected chi connectivity index (χ0v) is 10.3. The topological polar surface area (TPSA) is 50.4 Å². The van der Waals surface area contributed by atoms with Gasteiger partial charge in [-0.25, -0.2) is 9.18 Å². The summed E-state index contributed by atoms with van der Waals surface area (Å²) in [5.74, 6) is 0.0452. The maximum absolute atomic E-state index is 13.4. The summed E-state index contributed by atoms with van der Waals surface area (Å²) in [4.78, 5) is 11.8. The summed E-state index contributed by atoms with van der Waals surface area (Å²) in [6.07, 6.45) is 0. The molecule has 2 aromatic rings. The number of anilines is 2. The van der Waals surface area contributed by atoms with Gasteiger partial charge in [0.1, 0.15) is 11.6 Å². The molecule has 4 nitrogen and oxygen atoms in total. The van der Waals surface area contributed by atoms with Gasteiger partial charge in [-0.2, -0.15) is 0 Å². The van der Waals surface area contributed by atoms with Gasteiger partial charge in [0.05, 0.1) is 18.5 Å². The van der Waals surface area contributed by atoms with Crippen molar-refractivity contribution in [1.29, 1.82) is 0 Å². The number of methoxy groups -OCH3 is 1. The third kappa shape index (κ3) is 3.22. The lowest BCUT2D eigenvalue weighted by Crippen LogP contribution is -2.20. The molecule has 0 fully saturated rings. The Kier molecular flexibility index (Phi) is 3.97. The van der Waals surface area contributed by atoms with Gasteiger partial charge in [-0.15, -0.1) is 0 Å². The normalized spacial score (nSPS) is 9.79. The van der Waals surface area contributed by atoms with Crippen LogP contribution in [0.1, 0.15) is 0 Å². The average Bonchev–Trinajstić information content (AvgIpc) is 2.42. The highest BCUT2D eigenvalue weighted by Gasteiger charge is 2.08. The standard InChI is InChI=1S/C14H13FN2O2/c1-19-13-9-5-4-8-12(13)17-14(18)16-11-7-3-2-6-10(11)15/h2-9H,1H3,(H2,16,17,18). The van der Waals surface area contributed by atoms with Gasteiger partial charge in [-0.05, 0) is 24.3 Å². The summed E-state index contributed by atoms with van der Waals surface area (Å²) < 4.78 is 18.5. The molecule has 0 aromatic heterocycles. The lowest BCUT2D eigenvalue weighted by Gasteiger charge is -2.11. The molecule has 0 unspecified atom stereocenters. The Morgan fingerprint density at radius 1 is 1.00 bits per heavy atom. The van der Waals surface area contributed by atoms with Crippen molar-refractivity contribution in [2.75, 3.05) is 17.7 Å². The highest BCUT2D eigenvalue weighted by atomic mass is 19.1. The first-order chi connectivity index (χ1) is 9.20. The second-order valence-electron chi connectivity index (χ2n) is 3.76. The lowest BCUT2D eigenvalue weighted by atomic mass is 10.3. The van der Waals surface area contributed by atoms with Gasteiger partial charge in [-0.3, -0.25) is 0 Å². The first kappa shape index (κ1) is 12.9. The van der Waals surface area contributed by atoms with E-state index in [1.165, 1.54) is 19.2 Å². The third-order valence-corrected chi connectivity index (χ3v) is 2.48. The minimum Gasteiger partial charge on any atom is -0.495 e. The van der Waals surface area contributed by atoms with E-state index in [9.17, 15) is 9.18 Å². The van der Waals surface area contributed by atoms with Crippen LogP contribution in [0.2, 0.25) is 0 Å². The maximum Gasteiger partial charge on any atom is 0.323 e. The number of hydrogen-bond acceptors (Lipinski definition) is 2. The number of urea groups is 1. The second kappa shape index (κ2) is 5.86. The predicted molar refractivity (Wildman–Crippen MR) is 72.0 cm³/mol. The Bertz CT molecular complexity index is 587. The van der Waals surface area contributed by atoms with Gasteiger partial charge in [0.15, 0.2) is 0 Å². The van der Waals surface area contributed by atoms with Crippen molar-refractivity contribution in [2.45, 2.75) is 0 Å². The Morgan fingerprint density at radius 2 is 1.58 bits per heavy atom. The molecule has 0 aliphatic rings. The first-order valence-electron chi connectivity index (χ1n) is 5.66. The molecule has 19 heavy (non-hydrogen) atoms. The van der Waals surface area contributed by atoms with E-state index in [-0.39, 0.29) is 5.69 Å². The van der Waals surface area contributed by atoms with Crippen molar-refractivity contribution in [3.63, 3.8) is 0 Å². The summed E-state index contributed by atoms with van der Waals surface area (Å²) in [6, 6.07) is 12.4. The van der Waals surface area contributed by atoms with Gasteiger partial charge >= 0.3 is 6.03 Å². The molecule has 2 amide bonds. The molecule has 0 aliphatic heterocycles. The zero-order valence-electron chi connectivity index (χ0n) is 10.3. The summed E-state index contributed by atoms with van der Waals surface area (Å²) in [7, 11) is 1.51. The average molecular weight is 260 g/mol. The highest BCUT2D eigenvalue weighted by Crippen LogP contribution is 2.23. The number of hydrogen-bond donors (Lipinski definition) is 2. The van der Waals surface area contributed by atoms with Gasteiger partial charge in [-0.1, -0.05) is 24.3 Å². The number of carbonyl (C=O) groups is 1. The van der Waals surface area contributed by atoms with Crippen molar-refractivity contribution < 1.29 is 13.9 Å². The van der Waals surface area contributed by atoms with E-state index >= 15 is 0 Å². The smallest absolute Gasteiger partial charge is 0.323 e. The molecule has 0 atom stereocenters. The molecule has 2 N–H and O–H groups in total. The summed E-state index contributed by atoms with van der Waals surface area (Å²) in [5.41, 5.74) is 0.633. The number of benzene rings is 2. The number of rotatable bonds is 3. The molecular formula is C14H13FN2O2. The van der Waals surface area contributed by atoms with Crippen molar-refractivity contribution in [2.24, 2.45) is 0 Å². The van der Waals surface area contributed by atoms with Crippen molar-refractivity contribution in [3.8, 4) is 5.75 Å². The molecule has 0 saturated carbocycles. The number of carbonyl (C=O) groups excluding carboxylic acids is 1. The quantitative estimate of drug-likeness (QED) is 0.887. The van der Waals surface area contributed by atoms with Crippen LogP contribution < -0.4 is 15.4 Å². The Labute approximate surface area is 110 Å². The Morgan fingerprint density at radius 3 is 2.26 bits per heavy atom. The third-order valence-electron chi connectivity index (χ3n) is 2.48. The Balaban J connectivity index is 2.08. The van der Waals surface area contributed by atoms with E-state index in [1.807, 2.05) is 0 Å². The van der Waals surface area contributed by atoms with Gasteiger partial charge in [0.2, 0.25) is 0 Å². The van der Waals surface area contributed by atoms with Crippen molar-refractivity contribution in [1.82, 2.24) is 0 Å². The van der Waals surface area contributed by atoms with E-state index in [2.05, 4.69) is 10.6 Å². The maximum atomic E-state index is 13.4. The number of amides is 2. The van der Waals surface area contributed by atoms with E-state index < -0.39 is 11.8 Å². The highest BCUT2D eigenvalue weighted by molar-refractivity contribution is 6.00. The van der Waals surface area contributed by atoms with Gasteiger partial charge < -0.3 is 15.4 Å². The lowest BCUT2D eigenvalue weighted by molar-refractivity contribution is 0.262. The van der Waals surface area contributed by atoms with Crippen LogP contribution in [0, 0.1) is 5.82 Å². The molecule has 0 spiro atoms. The number of halogens is 1. The van der Waals surface area contributed by atoms with Gasteiger partial charge in [0.25, 0.3) is 0 Å². The predicted octanol–water partition coefficient (Wildman–Crippen LogP) is 3.48. The zero-order chi connectivity index (χ0) is 13.7. The first-order valence-corrected chi connectivity index (χ1v) is 5.66. The largest absolute Gasteiger partial charge is 0.495 e. The number of nitrogens with one attached hydrogen (secondary N) is 2. The minimum absolute atomic E-state index is 0.120. The van der Waals surface area contributed by atoms with Crippen LogP contribution in [0.4, 0.5) is 20.6 Å². The van der Waals surface area contributed by atoms with Crippen LogP contribution in [0.3, 0.4) is 0 Å². The van der Waals surface area contributed by atoms with E-state index in [0.717, 1.165) is 0 Å². The second-order valence-corrected chi connectivity index (χ2v) is 3.76. The van der Waals surface area contributed by atoms with Crippen LogP contribution in [0.15, 0.2) is 48.5 Å². The van der Waals surface area contributed by atoms with Crippen LogP contribution in [0.25, 0.3) is 0 Å². The Hall–Kier alpha value is -2.56. The fourth-order valence-corrected chi connectivity index (χ4v) is 1.59. The summed E-state index contributed by atoms with van der Waals surface area (Å²) in [6.45, 7) is 0. The van der Waals surface area contributed by atoms with Crippen LogP contribution in [-0.2, 0) is 0 Å². The molecule has 98 valence electrons. The van der Waals surface area contributed by atoms with Crippen LogP contribution in [-0.4, -0.2) is 13.1 Å². The molecule has 2 aromatic carbocycles. The molecule has 0 aliphatic carbocycles. The number of para-hydroxylation sites is 3. The van der Waals surface area contributed by atoms with E-state index in [1.54, 1.807) is 36.4 Å². The molecular weight excluding hydrogens is 247 g/mol.